The van der Waals surface area contributed by atoms with Crippen molar-refractivity contribution in [2.24, 2.45) is 0 Å². The molecule has 0 aromatic heterocycles. The van der Waals surface area contributed by atoms with Crippen LogP contribution >= 0.6 is 0 Å². The monoisotopic (exact) mass is 229 g/mol. The first-order valence-corrected chi connectivity index (χ1v) is 5.10. The Kier molecular flexibility index (Phi) is 1.77. The van der Waals surface area contributed by atoms with Crippen molar-refractivity contribution in [3.63, 3.8) is 0 Å². The second-order valence-electron chi connectivity index (χ2n) is 2.74. The van der Waals surface area contributed by atoms with E-state index in [1.807, 2.05) is 0 Å². The molecule has 1 heterocycles. The van der Waals surface area contributed by atoms with Crippen LogP contribution in [0.1, 0.15) is 10.4 Å². The molecule has 0 unspecified atom stereocenters. The van der Waals surface area contributed by atoms with Crippen LogP contribution in [0.25, 0.3) is 0 Å². The van der Waals surface area contributed by atoms with Crippen LogP contribution < -0.4 is 0 Å². The van der Waals surface area contributed by atoms with Gasteiger partial charge < -0.3 is 4.18 Å². The van der Waals surface area contributed by atoms with Gasteiger partial charge in [-0.15, -0.1) is 0 Å². The smallest absolute Gasteiger partial charge is 0.337 e. The first-order chi connectivity index (χ1) is 6.93. The summed E-state index contributed by atoms with van der Waals surface area (Å²) in [5, 5.41) is 10.5. The molecule has 0 spiro atoms. The predicted molar refractivity (Wildman–Crippen MR) is 45.7 cm³/mol. The quantitative estimate of drug-likeness (QED) is 0.393. The molecule has 1 aliphatic heterocycles. The van der Waals surface area contributed by atoms with E-state index in [-0.39, 0.29) is 5.56 Å². The molecule has 8 heteroatoms. The van der Waals surface area contributed by atoms with Crippen molar-refractivity contribution >= 4 is 21.8 Å². The number of nitro groups is 1. The molecule has 0 saturated carbocycles. The van der Waals surface area contributed by atoms with Crippen LogP contribution in [0.4, 0.5) is 5.69 Å². The molecule has 2 rings (SSSR count). The Balaban J connectivity index is 2.87. The Labute approximate surface area is 83.6 Å². The molecular formula is C7H3NO6S. The van der Waals surface area contributed by atoms with Gasteiger partial charge in [-0.2, -0.15) is 8.42 Å². The fourth-order valence-electron chi connectivity index (χ4n) is 1.28. The van der Waals surface area contributed by atoms with Gasteiger partial charge in [0.05, 0.1) is 10.5 Å². The van der Waals surface area contributed by atoms with Gasteiger partial charge in [-0.05, 0) is 6.07 Å². The zero-order valence-corrected chi connectivity index (χ0v) is 7.85. The summed E-state index contributed by atoms with van der Waals surface area (Å²) in [6.45, 7) is 0. The number of nitrogens with zero attached hydrogens (tertiary/aromatic N) is 1. The molecular weight excluding hydrogens is 226 g/mol. The largest absolute Gasteiger partial charge is 0.355 e. The van der Waals surface area contributed by atoms with Crippen LogP contribution in [0.3, 0.4) is 0 Å². The van der Waals surface area contributed by atoms with E-state index < -0.39 is 31.6 Å². The Morgan fingerprint density at radius 1 is 1.33 bits per heavy atom. The number of carbonyl (C=O) groups is 1. The standard InChI is InChI=1S/C7H3NO6S/c9-7-4-2-1-3-5(8(10)11)6(4)15(12,13)14-7/h1-3H. The molecule has 7 nitrogen and oxygen atoms in total. The Morgan fingerprint density at radius 2 is 2.00 bits per heavy atom. The molecule has 1 aliphatic rings. The van der Waals surface area contributed by atoms with Gasteiger partial charge in [0, 0.05) is 6.07 Å². The van der Waals surface area contributed by atoms with E-state index in [0.29, 0.717) is 0 Å². The van der Waals surface area contributed by atoms with Gasteiger partial charge in [-0.25, -0.2) is 4.79 Å². The Morgan fingerprint density at radius 3 is 2.60 bits per heavy atom. The summed E-state index contributed by atoms with van der Waals surface area (Å²) in [5.74, 6) is -1.09. The summed E-state index contributed by atoms with van der Waals surface area (Å²) in [5.41, 5.74) is -0.956. The van der Waals surface area contributed by atoms with Crippen molar-refractivity contribution in [1.29, 1.82) is 0 Å². The molecule has 15 heavy (non-hydrogen) atoms. The molecule has 0 saturated heterocycles. The molecule has 0 N–H and O–H groups in total. The highest BCUT2D eigenvalue weighted by Gasteiger charge is 2.41. The van der Waals surface area contributed by atoms with Crippen molar-refractivity contribution in [3.05, 3.63) is 33.9 Å². The van der Waals surface area contributed by atoms with E-state index >= 15 is 0 Å². The molecule has 0 radical (unpaired) electrons. The molecule has 1 aromatic rings. The number of rotatable bonds is 1. The van der Waals surface area contributed by atoms with E-state index in [9.17, 15) is 23.3 Å². The highest BCUT2D eigenvalue weighted by Crippen LogP contribution is 2.34. The number of fused-ring (bicyclic) bond motifs is 1. The van der Waals surface area contributed by atoms with E-state index in [2.05, 4.69) is 4.18 Å². The maximum absolute atomic E-state index is 11.2. The van der Waals surface area contributed by atoms with Crippen LogP contribution in [-0.2, 0) is 14.3 Å². The highest BCUT2D eigenvalue weighted by atomic mass is 32.2. The number of hydrogen-bond donors (Lipinski definition) is 0. The van der Waals surface area contributed by atoms with Crippen molar-refractivity contribution in [2.75, 3.05) is 0 Å². The summed E-state index contributed by atoms with van der Waals surface area (Å²) in [6, 6.07) is 3.38. The van der Waals surface area contributed by atoms with Crippen LogP contribution in [-0.4, -0.2) is 19.3 Å². The minimum absolute atomic E-state index is 0.302. The molecule has 78 valence electrons. The average Bonchev–Trinajstić information content (AvgIpc) is 2.37. The maximum Gasteiger partial charge on any atom is 0.355 e. The van der Waals surface area contributed by atoms with Crippen molar-refractivity contribution in [1.82, 2.24) is 0 Å². The summed E-state index contributed by atoms with van der Waals surface area (Å²) in [4.78, 5) is 20.0. The van der Waals surface area contributed by atoms with Gasteiger partial charge in [-0.1, -0.05) is 6.07 Å². The van der Waals surface area contributed by atoms with E-state index in [4.69, 9.17) is 0 Å². The fraction of sp³-hybridized carbons (Fsp3) is 0. The van der Waals surface area contributed by atoms with Gasteiger partial charge in [0.25, 0.3) is 5.69 Å². The van der Waals surface area contributed by atoms with Gasteiger partial charge in [0.1, 0.15) is 0 Å². The van der Waals surface area contributed by atoms with E-state index in [1.165, 1.54) is 6.07 Å². The molecule has 0 aliphatic carbocycles. The fourth-order valence-corrected chi connectivity index (χ4v) is 2.47. The lowest BCUT2D eigenvalue weighted by Gasteiger charge is -1.95. The molecule has 0 amide bonds. The summed E-state index contributed by atoms with van der Waals surface area (Å²) in [6.07, 6.45) is 0. The van der Waals surface area contributed by atoms with E-state index in [0.717, 1.165) is 12.1 Å². The van der Waals surface area contributed by atoms with Crippen molar-refractivity contribution in [3.8, 4) is 0 Å². The third-order valence-electron chi connectivity index (χ3n) is 1.85. The number of hydrogen-bond acceptors (Lipinski definition) is 6. The van der Waals surface area contributed by atoms with Crippen LogP contribution in [0, 0.1) is 10.1 Å². The Hall–Kier alpha value is -1.96. The Bertz CT molecular complexity index is 575. The molecule has 0 atom stereocenters. The molecule has 1 aromatic carbocycles. The summed E-state index contributed by atoms with van der Waals surface area (Å²) >= 11 is 0. The third kappa shape index (κ3) is 1.26. The third-order valence-corrected chi connectivity index (χ3v) is 3.15. The predicted octanol–water partition coefficient (Wildman–Crippen LogP) is 0.454. The van der Waals surface area contributed by atoms with Crippen LogP contribution in [0.15, 0.2) is 23.1 Å². The second kappa shape index (κ2) is 2.76. The minimum atomic E-state index is -4.32. The lowest BCUT2D eigenvalue weighted by Crippen LogP contribution is -2.01. The number of benzene rings is 1. The SMILES string of the molecule is O=C1OS(=O)(=O)c2c1cccc2[N+](=O)[O-]. The maximum atomic E-state index is 11.2. The lowest BCUT2D eigenvalue weighted by molar-refractivity contribution is -0.387. The molecule has 0 bridgehead atoms. The van der Waals surface area contributed by atoms with Gasteiger partial charge >= 0.3 is 16.1 Å². The number of carbonyl (C=O) groups excluding carboxylic acids is 1. The zero-order chi connectivity index (χ0) is 11.2. The zero-order valence-electron chi connectivity index (χ0n) is 7.04. The first kappa shape index (κ1) is 9.59. The summed E-state index contributed by atoms with van der Waals surface area (Å²) < 4.78 is 26.5. The first-order valence-electron chi connectivity index (χ1n) is 3.70. The van der Waals surface area contributed by atoms with Gasteiger partial charge in [-0.3, -0.25) is 10.1 Å². The highest BCUT2D eigenvalue weighted by molar-refractivity contribution is 7.87. The normalized spacial score (nSPS) is 16.9. The molecule has 0 fully saturated rings. The average molecular weight is 229 g/mol. The topological polar surface area (TPSA) is 104 Å². The van der Waals surface area contributed by atoms with Crippen molar-refractivity contribution in [2.45, 2.75) is 4.90 Å². The van der Waals surface area contributed by atoms with E-state index in [1.54, 1.807) is 0 Å². The minimum Gasteiger partial charge on any atom is -0.337 e. The van der Waals surface area contributed by atoms with Crippen LogP contribution in [0.2, 0.25) is 0 Å². The van der Waals surface area contributed by atoms with Gasteiger partial charge in [0.15, 0.2) is 4.90 Å². The number of nitro benzene ring substituents is 1. The lowest BCUT2D eigenvalue weighted by atomic mass is 10.2. The van der Waals surface area contributed by atoms with Gasteiger partial charge in [0.2, 0.25) is 0 Å². The van der Waals surface area contributed by atoms with Crippen LogP contribution in [0.5, 0.6) is 0 Å². The second-order valence-corrected chi connectivity index (χ2v) is 4.22. The summed E-state index contributed by atoms with van der Waals surface area (Å²) in [7, 11) is -4.32. The van der Waals surface area contributed by atoms with Crippen molar-refractivity contribution < 1.29 is 22.3 Å².